The number of carbonyl (C=O) groups excluding carboxylic acids is 1. The van der Waals surface area contributed by atoms with E-state index in [1.807, 2.05) is 0 Å². The van der Waals surface area contributed by atoms with Gasteiger partial charge in [0.05, 0.1) is 0 Å². The molecule has 0 unspecified atom stereocenters. The predicted molar refractivity (Wildman–Crippen MR) is 29.1 cm³/mol. The average molecular weight is 195 g/mol. The van der Waals surface area contributed by atoms with Gasteiger partial charge in [0.1, 0.15) is 0 Å². The van der Waals surface area contributed by atoms with Crippen molar-refractivity contribution in [1.82, 2.24) is 5.32 Å². The van der Waals surface area contributed by atoms with Gasteiger partial charge in [-0.3, -0.25) is 14.9 Å². The maximum atomic E-state index is 10.6. The van der Waals surface area contributed by atoms with Gasteiger partial charge in [0.2, 0.25) is 0 Å². The van der Waals surface area contributed by atoms with E-state index >= 15 is 0 Å². The number of Topliss-reactive ketones (excluding diaryl/α,β-unsaturated/α-hetero) is 1. The first-order valence-corrected chi connectivity index (χ1v) is 2.70. The Labute approximate surface area is 70.7 Å². The van der Waals surface area contributed by atoms with E-state index < -0.39 is 12.0 Å². The van der Waals surface area contributed by atoms with Gasteiger partial charge in [-0.1, -0.05) is 0 Å². The molecule has 1 saturated heterocycles. The van der Waals surface area contributed by atoms with E-state index in [-0.39, 0.29) is 25.3 Å². The molecule has 0 bridgehead atoms. The first-order chi connectivity index (χ1) is 4.22. The number of rotatable bonds is 1. The summed E-state index contributed by atoms with van der Waals surface area (Å²) in [5.74, 6) is -1.29. The van der Waals surface area contributed by atoms with Crippen LogP contribution in [0.15, 0.2) is 0 Å². The smallest absolute Gasteiger partial charge is 0.328 e. The van der Waals surface area contributed by atoms with Crippen molar-refractivity contribution in [1.29, 1.82) is 0 Å². The molecule has 1 aliphatic rings. The molecule has 1 aliphatic heterocycles. The van der Waals surface area contributed by atoms with Crippen molar-refractivity contribution < 1.29 is 34.2 Å². The Morgan fingerprint density at radius 1 is 1.70 bits per heavy atom. The Morgan fingerprint density at radius 3 is 2.50 bits per heavy atom. The fourth-order valence-corrected chi connectivity index (χ4v) is 0.823. The van der Waals surface area contributed by atoms with Gasteiger partial charge in [0, 0.05) is 32.4 Å². The molecule has 1 heterocycles. The van der Waals surface area contributed by atoms with E-state index in [9.17, 15) is 9.59 Å². The van der Waals surface area contributed by atoms with Crippen LogP contribution >= 0.6 is 0 Å². The van der Waals surface area contributed by atoms with Crippen LogP contribution in [0.2, 0.25) is 0 Å². The second-order valence-electron chi connectivity index (χ2n) is 1.94. The summed E-state index contributed by atoms with van der Waals surface area (Å²) in [4.78, 5) is 20.7. The van der Waals surface area contributed by atoms with Crippen molar-refractivity contribution in [3.63, 3.8) is 0 Å². The van der Waals surface area contributed by atoms with Crippen LogP contribution in [0.25, 0.3) is 0 Å². The summed E-state index contributed by atoms with van der Waals surface area (Å²) in [5, 5.41) is 10.9. The SMILES string of the molecule is O=C(O)[C@H]1NCCC1=O.[Zn]. The number of carboxylic acid groups (broad SMARTS) is 1. The Morgan fingerprint density at radius 2 is 2.30 bits per heavy atom. The number of carbonyl (C=O) groups is 2. The van der Waals surface area contributed by atoms with Crippen LogP contribution in [0.3, 0.4) is 0 Å². The third-order valence-electron chi connectivity index (χ3n) is 1.29. The molecule has 0 aliphatic carbocycles. The summed E-state index contributed by atoms with van der Waals surface area (Å²) in [6, 6.07) is -0.940. The molecule has 1 rings (SSSR count). The van der Waals surface area contributed by atoms with E-state index in [2.05, 4.69) is 5.32 Å². The Hall–Kier alpha value is -0.277. The van der Waals surface area contributed by atoms with Gasteiger partial charge in [-0.15, -0.1) is 0 Å². The van der Waals surface area contributed by atoms with Crippen molar-refractivity contribution in [3.8, 4) is 0 Å². The number of aliphatic carboxylic acids is 1. The summed E-state index contributed by atoms with van der Waals surface area (Å²) in [6.45, 7) is 0.496. The molecule has 4 nitrogen and oxygen atoms in total. The molecular formula is C5H7NO3Zn. The molecule has 0 aromatic carbocycles. The van der Waals surface area contributed by atoms with Crippen LogP contribution in [0, 0.1) is 0 Å². The van der Waals surface area contributed by atoms with E-state index in [1.165, 1.54) is 0 Å². The zero-order valence-corrected chi connectivity index (χ0v) is 8.43. The maximum absolute atomic E-state index is 10.6. The van der Waals surface area contributed by atoms with Gasteiger partial charge in [-0.2, -0.15) is 0 Å². The molecule has 0 amide bonds. The van der Waals surface area contributed by atoms with Gasteiger partial charge in [-0.05, 0) is 0 Å². The molecule has 0 aromatic heterocycles. The van der Waals surface area contributed by atoms with Gasteiger partial charge >= 0.3 is 5.97 Å². The van der Waals surface area contributed by atoms with Crippen molar-refractivity contribution in [2.24, 2.45) is 0 Å². The van der Waals surface area contributed by atoms with Crippen molar-refractivity contribution in [2.75, 3.05) is 6.54 Å². The van der Waals surface area contributed by atoms with Gasteiger partial charge in [0.25, 0.3) is 0 Å². The minimum absolute atomic E-state index is 0. The van der Waals surface area contributed by atoms with Crippen LogP contribution in [-0.4, -0.2) is 29.4 Å². The summed E-state index contributed by atoms with van der Waals surface area (Å²) in [6.07, 6.45) is 0.344. The van der Waals surface area contributed by atoms with E-state index in [4.69, 9.17) is 5.11 Å². The Bertz CT molecular complexity index is 159. The zero-order chi connectivity index (χ0) is 6.85. The maximum Gasteiger partial charge on any atom is 0.328 e. The summed E-state index contributed by atoms with van der Waals surface area (Å²) in [5.41, 5.74) is 0. The molecule has 0 saturated carbocycles. The standard InChI is InChI=1S/C5H7NO3.Zn/c7-3-1-2-6-4(3)5(8)9;/h4,6H,1-2H2,(H,8,9);/t4-;/m0./s1. The quantitative estimate of drug-likeness (QED) is 0.415. The molecule has 2 N–H and O–H groups in total. The molecule has 10 heavy (non-hydrogen) atoms. The van der Waals surface area contributed by atoms with Crippen LogP contribution in [0.1, 0.15) is 6.42 Å². The first kappa shape index (κ1) is 9.72. The van der Waals surface area contributed by atoms with E-state index in [1.54, 1.807) is 0 Å². The van der Waals surface area contributed by atoms with Gasteiger partial charge < -0.3 is 5.11 Å². The number of hydrogen-bond acceptors (Lipinski definition) is 3. The summed E-state index contributed by atoms with van der Waals surface area (Å²) < 4.78 is 0. The van der Waals surface area contributed by atoms with E-state index in [0.717, 1.165) is 0 Å². The third-order valence-corrected chi connectivity index (χ3v) is 1.29. The van der Waals surface area contributed by atoms with Gasteiger partial charge in [-0.25, -0.2) is 0 Å². The van der Waals surface area contributed by atoms with Crippen molar-refractivity contribution in [3.05, 3.63) is 0 Å². The number of ketones is 1. The van der Waals surface area contributed by atoms with Crippen LogP contribution in [0.5, 0.6) is 0 Å². The average Bonchev–Trinajstić information content (AvgIpc) is 2.13. The topological polar surface area (TPSA) is 66.4 Å². The van der Waals surface area contributed by atoms with Crippen LogP contribution in [-0.2, 0) is 29.1 Å². The Balaban J connectivity index is 0.000000810. The van der Waals surface area contributed by atoms with E-state index in [0.29, 0.717) is 13.0 Å². The molecule has 1 fully saturated rings. The van der Waals surface area contributed by atoms with Crippen molar-refractivity contribution in [2.45, 2.75) is 12.5 Å². The molecule has 0 radical (unpaired) electrons. The summed E-state index contributed by atoms with van der Waals surface area (Å²) in [7, 11) is 0. The molecule has 0 spiro atoms. The minimum Gasteiger partial charge on any atom is -0.480 e. The fourth-order valence-electron chi connectivity index (χ4n) is 0.823. The second-order valence-corrected chi connectivity index (χ2v) is 1.94. The zero-order valence-electron chi connectivity index (χ0n) is 5.46. The molecule has 1 atom stereocenters. The van der Waals surface area contributed by atoms with Crippen LogP contribution in [0.4, 0.5) is 0 Å². The number of carboxylic acids is 1. The van der Waals surface area contributed by atoms with Gasteiger partial charge in [0.15, 0.2) is 11.8 Å². The normalized spacial score (nSPS) is 24.0. The third kappa shape index (κ3) is 1.85. The summed E-state index contributed by atoms with van der Waals surface area (Å²) >= 11 is 0. The first-order valence-electron chi connectivity index (χ1n) is 2.70. The second kappa shape index (κ2) is 3.79. The minimum atomic E-state index is -1.07. The molecular weight excluding hydrogens is 187 g/mol. The monoisotopic (exact) mass is 193 g/mol. The largest absolute Gasteiger partial charge is 0.480 e. The fraction of sp³-hybridized carbons (Fsp3) is 0.600. The van der Waals surface area contributed by atoms with Crippen LogP contribution < -0.4 is 5.32 Å². The molecule has 0 aromatic rings. The predicted octanol–water partition coefficient (Wildman–Crippen LogP) is -1.00. The van der Waals surface area contributed by atoms with Crippen molar-refractivity contribution >= 4 is 11.8 Å². The number of hydrogen-bond donors (Lipinski definition) is 2. The molecule has 5 heteroatoms. The number of nitrogens with one attached hydrogen (secondary N) is 1. The Kier molecular flexibility index (Phi) is 3.68. The molecule has 52 valence electrons.